The van der Waals surface area contributed by atoms with Gasteiger partial charge in [0.1, 0.15) is 5.75 Å². The van der Waals surface area contributed by atoms with Crippen molar-refractivity contribution in [1.29, 1.82) is 0 Å². The molecule has 1 unspecified atom stereocenters. The van der Waals surface area contributed by atoms with Crippen LogP contribution in [0.15, 0.2) is 16.6 Å². The van der Waals surface area contributed by atoms with Crippen LogP contribution in [0.3, 0.4) is 0 Å². The molecule has 1 aromatic rings. The summed E-state index contributed by atoms with van der Waals surface area (Å²) in [5.41, 5.74) is 0.687. The summed E-state index contributed by atoms with van der Waals surface area (Å²) in [4.78, 5) is 13.6. The van der Waals surface area contributed by atoms with E-state index >= 15 is 0 Å². The van der Waals surface area contributed by atoms with Gasteiger partial charge in [-0.2, -0.15) is 0 Å². The number of aromatic hydroxyl groups is 1. The third kappa shape index (κ3) is 3.04. The molecule has 0 saturated carbocycles. The van der Waals surface area contributed by atoms with Gasteiger partial charge in [-0.05, 0) is 34.5 Å². The van der Waals surface area contributed by atoms with E-state index in [4.69, 9.17) is 16.7 Å². The third-order valence-corrected chi connectivity index (χ3v) is 4.72. The van der Waals surface area contributed by atoms with Gasteiger partial charge >= 0.3 is 0 Å². The van der Waals surface area contributed by atoms with Gasteiger partial charge in [-0.15, -0.1) is 0 Å². The van der Waals surface area contributed by atoms with Gasteiger partial charge in [-0.25, -0.2) is 0 Å². The first-order valence-electron chi connectivity index (χ1n) is 6.10. The summed E-state index contributed by atoms with van der Waals surface area (Å²) < 4.78 is 0.649. The fourth-order valence-electron chi connectivity index (χ4n) is 2.39. The number of rotatable bonds is 4. The minimum atomic E-state index is -0.0701. The van der Waals surface area contributed by atoms with Crippen LogP contribution in [-0.4, -0.2) is 40.7 Å². The topological polar surface area (TPSA) is 60.8 Å². The van der Waals surface area contributed by atoms with Crippen molar-refractivity contribution in [3.8, 4) is 5.75 Å². The van der Waals surface area contributed by atoms with Crippen LogP contribution >= 0.6 is 27.5 Å². The number of carbonyl (C=O) groups excluding carboxylic acids is 1. The summed E-state index contributed by atoms with van der Waals surface area (Å²) in [6, 6.07) is 3.16. The van der Waals surface area contributed by atoms with E-state index in [-0.39, 0.29) is 24.2 Å². The van der Waals surface area contributed by atoms with E-state index in [1.165, 1.54) is 0 Å². The maximum absolute atomic E-state index is 11.9. The average molecular weight is 349 g/mol. The van der Waals surface area contributed by atoms with Gasteiger partial charge < -0.3 is 15.1 Å². The number of phenols is 1. The third-order valence-electron chi connectivity index (χ3n) is 3.32. The summed E-state index contributed by atoms with van der Waals surface area (Å²) in [6.07, 6.45) is 0.930. The summed E-state index contributed by atoms with van der Waals surface area (Å²) in [5, 5.41) is 19.3. The van der Waals surface area contributed by atoms with E-state index in [0.717, 1.165) is 0 Å². The Balaban J connectivity index is 2.21. The lowest BCUT2D eigenvalue weighted by Gasteiger charge is -2.17. The predicted molar refractivity (Wildman–Crippen MR) is 76.5 cm³/mol. The average Bonchev–Trinajstić information content (AvgIpc) is 2.73. The Labute approximate surface area is 125 Å². The van der Waals surface area contributed by atoms with Crippen LogP contribution in [0.2, 0.25) is 5.02 Å². The largest absolute Gasteiger partial charge is 0.508 e. The molecule has 1 amide bonds. The van der Waals surface area contributed by atoms with Crippen molar-refractivity contribution in [2.45, 2.75) is 18.8 Å². The van der Waals surface area contributed by atoms with Crippen LogP contribution in [0.5, 0.6) is 5.75 Å². The number of aliphatic hydroxyl groups is 1. The smallest absolute Gasteiger partial charge is 0.223 e. The normalized spacial score (nSPS) is 19.2. The first-order valence-corrected chi connectivity index (χ1v) is 7.27. The first-order chi connectivity index (χ1) is 9.04. The number of benzene rings is 1. The van der Waals surface area contributed by atoms with Gasteiger partial charge in [-0.3, -0.25) is 4.79 Å². The Morgan fingerprint density at radius 3 is 2.89 bits per heavy atom. The van der Waals surface area contributed by atoms with Crippen LogP contribution in [0, 0.1) is 0 Å². The number of hydrogen-bond donors (Lipinski definition) is 2. The monoisotopic (exact) mass is 347 g/mol. The first kappa shape index (κ1) is 14.6. The summed E-state index contributed by atoms with van der Waals surface area (Å²) in [5.74, 6) is 0.127. The van der Waals surface area contributed by atoms with Crippen molar-refractivity contribution < 1.29 is 15.0 Å². The predicted octanol–water partition coefficient (Wildman–Crippen LogP) is 2.51. The second kappa shape index (κ2) is 6.11. The Bertz CT molecular complexity index is 495. The highest BCUT2D eigenvalue weighted by Crippen LogP contribution is 2.41. The molecular formula is C13H15BrClNO3. The number of phenolic OH excluding ortho intramolecular Hbond substituents is 1. The molecule has 104 valence electrons. The van der Waals surface area contributed by atoms with Gasteiger partial charge in [-0.1, -0.05) is 11.6 Å². The number of hydrogen-bond acceptors (Lipinski definition) is 3. The zero-order valence-electron chi connectivity index (χ0n) is 10.3. The number of halogens is 2. The molecule has 1 heterocycles. The lowest BCUT2D eigenvalue weighted by atomic mass is 9.97. The van der Waals surface area contributed by atoms with E-state index in [9.17, 15) is 9.90 Å². The van der Waals surface area contributed by atoms with Crippen LogP contribution in [0.25, 0.3) is 0 Å². The number of likely N-dealkylation sites (tertiary alicyclic amines) is 1. The Kier molecular flexibility index (Phi) is 4.71. The Morgan fingerprint density at radius 1 is 1.47 bits per heavy atom. The lowest BCUT2D eigenvalue weighted by molar-refractivity contribution is -0.127. The molecule has 0 bridgehead atoms. The van der Waals surface area contributed by atoms with Crippen molar-refractivity contribution in [2.75, 3.05) is 19.7 Å². The van der Waals surface area contributed by atoms with E-state index in [1.54, 1.807) is 17.0 Å². The van der Waals surface area contributed by atoms with E-state index in [2.05, 4.69) is 15.9 Å². The molecule has 1 aliphatic heterocycles. The number of aliphatic hydroxyl groups excluding tert-OH is 1. The molecule has 0 radical (unpaired) electrons. The Hall–Kier alpha value is -0.780. The molecule has 1 aromatic carbocycles. The highest BCUT2D eigenvalue weighted by Gasteiger charge is 2.33. The second-order valence-corrected chi connectivity index (χ2v) is 5.81. The summed E-state index contributed by atoms with van der Waals surface area (Å²) >= 11 is 9.40. The van der Waals surface area contributed by atoms with Gasteiger partial charge in [0.15, 0.2) is 0 Å². The highest BCUT2D eigenvalue weighted by molar-refractivity contribution is 9.10. The molecule has 6 heteroatoms. The Morgan fingerprint density at radius 2 is 2.21 bits per heavy atom. The van der Waals surface area contributed by atoms with Crippen LogP contribution in [0.4, 0.5) is 0 Å². The zero-order chi connectivity index (χ0) is 14.0. The SMILES string of the molecule is O=C1CC(c2c(O)ccc(Cl)c2Br)CN1CCCO. The summed E-state index contributed by atoms with van der Waals surface area (Å²) in [7, 11) is 0. The quantitative estimate of drug-likeness (QED) is 0.879. The molecule has 1 fully saturated rings. The van der Waals surface area contributed by atoms with Crippen LogP contribution in [-0.2, 0) is 4.79 Å². The van der Waals surface area contributed by atoms with Crippen molar-refractivity contribution in [3.05, 3.63) is 27.2 Å². The molecule has 0 spiro atoms. The van der Waals surface area contributed by atoms with Crippen molar-refractivity contribution in [3.63, 3.8) is 0 Å². The fourth-order valence-corrected chi connectivity index (χ4v) is 3.21. The van der Waals surface area contributed by atoms with Crippen molar-refractivity contribution in [2.24, 2.45) is 0 Å². The van der Waals surface area contributed by atoms with Crippen molar-refractivity contribution >= 4 is 33.4 Å². The van der Waals surface area contributed by atoms with Gasteiger partial charge in [0, 0.05) is 42.1 Å². The summed E-state index contributed by atoms with van der Waals surface area (Å²) in [6.45, 7) is 1.16. The maximum atomic E-state index is 11.9. The second-order valence-electron chi connectivity index (χ2n) is 4.61. The molecule has 2 rings (SSSR count). The zero-order valence-corrected chi connectivity index (χ0v) is 12.6. The van der Waals surface area contributed by atoms with E-state index in [1.807, 2.05) is 0 Å². The van der Waals surface area contributed by atoms with Crippen molar-refractivity contribution in [1.82, 2.24) is 4.90 Å². The number of nitrogens with zero attached hydrogens (tertiary/aromatic N) is 1. The molecule has 0 aliphatic carbocycles. The fraction of sp³-hybridized carbons (Fsp3) is 0.462. The number of carbonyl (C=O) groups is 1. The molecule has 1 atom stereocenters. The lowest BCUT2D eigenvalue weighted by Crippen LogP contribution is -2.26. The maximum Gasteiger partial charge on any atom is 0.223 e. The molecule has 2 N–H and O–H groups in total. The van der Waals surface area contributed by atoms with Gasteiger partial charge in [0.05, 0.1) is 5.02 Å². The number of amides is 1. The molecule has 0 aromatic heterocycles. The molecule has 1 aliphatic rings. The molecule has 4 nitrogen and oxygen atoms in total. The van der Waals surface area contributed by atoms with Crippen LogP contribution < -0.4 is 0 Å². The molecule has 19 heavy (non-hydrogen) atoms. The highest BCUT2D eigenvalue weighted by atomic mass is 79.9. The van der Waals surface area contributed by atoms with E-state index < -0.39 is 0 Å². The minimum absolute atomic E-state index is 0.0460. The molecular weight excluding hydrogens is 334 g/mol. The molecule has 1 saturated heterocycles. The van der Waals surface area contributed by atoms with E-state index in [0.29, 0.717) is 41.0 Å². The minimum Gasteiger partial charge on any atom is -0.508 e. The standard InChI is InChI=1S/C13H15BrClNO3/c14-13-9(15)2-3-10(18)12(13)8-6-11(19)16(7-8)4-1-5-17/h2-3,8,17-18H,1,4-7H2. The van der Waals surface area contributed by atoms with Gasteiger partial charge in [0.25, 0.3) is 0 Å². The van der Waals surface area contributed by atoms with Crippen LogP contribution in [0.1, 0.15) is 24.3 Å². The van der Waals surface area contributed by atoms with Gasteiger partial charge in [0.2, 0.25) is 5.91 Å².